The largest absolute Gasteiger partial charge is 0.467 e. The van der Waals surface area contributed by atoms with Crippen molar-refractivity contribution in [1.29, 1.82) is 0 Å². The minimum Gasteiger partial charge on any atom is -0.467 e. The Hall–Kier alpha value is -2.42. The molecule has 1 aliphatic rings. The first-order valence-corrected chi connectivity index (χ1v) is 11.8. The molecule has 156 valence electrons. The van der Waals surface area contributed by atoms with Crippen molar-refractivity contribution in [3.05, 3.63) is 88.3 Å². The Kier molecular flexibility index (Phi) is 6.08. The topological polar surface area (TPSA) is 79.6 Å². The van der Waals surface area contributed by atoms with E-state index in [1.807, 2.05) is 24.3 Å². The van der Waals surface area contributed by atoms with Gasteiger partial charge in [-0.15, -0.1) is 0 Å². The molecular weight excluding hydrogens is 468 g/mol. The minimum atomic E-state index is -3.76. The van der Waals surface area contributed by atoms with Crippen molar-refractivity contribution in [2.45, 2.75) is 30.3 Å². The van der Waals surface area contributed by atoms with Crippen LogP contribution >= 0.6 is 15.9 Å². The number of nitrogens with one attached hydrogen (secondary N) is 1. The average molecular weight is 489 g/mol. The van der Waals surface area contributed by atoms with Crippen LogP contribution in [-0.2, 0) is 27.8 Å². The lowest BCUT2D eigenvalue weighted by Crippen LogP contribution is -2.42. The number of amides is 1. The molecule has 1 atom stereocenters. The van der Waals surface area contributed by atoms with Gasteiger partial charge in [-0.3, -0.25) is 4.79 Å². The van der Waals surface area contributed by atoms with E-state index in [9.17, 15) is 13.2 Å². The smallest absolute Gasteiger partial charge is 0.243 e. The molecule has 0 spiro atoms. The number of nitrogens with zero attached hydrogens (tertiary/aromatic N) is 1. The number of furan rings is 1. The van der Waals surface area contributed by atoms with Gasteiger partial charge in [0.1, 0.15) is 5.76 Å². The molecule has 2 aromatic carbocycles. The number of carbonyl (C=O) groups is 1. The molecule has 0 fully saturated rings. The summed E-state index contributed by atoms with van der Waals surface area (Å²) in [6, 6.07) is 17.2. The van der Waals surface area contributed by atoms with Gasteiger partial charge >= 0.3 is 0 Å². The number of carbonyl (C=O) groups excluding carboxylic acids is 1. The van der Waals surface area contributed by atoms with E-state index in [1.54, 1.807) is 42.7 Å². The maximum atomic E-state index is 13.4. The normalized spacial score (nSPS) is 16.8. The Morgan fingerprint density at radius 3 is 2.60 bits per heavy atom. The Morgan fingerprint density at radius 2 is 1.87 bits per heavy atom. The average Bonchev–Trinajstić information content (AvgIpc) is 3.26. The molecule has 2 heterocycles. The highest BCUT2D eigenvalue weighted by molar-refractivity contribution is 9.10. The van der Waals surface area contributed by atoms with Crippen molar-refractivity contribution >= 4 is 31.9 Å². The van der Waals surface area contributed by atoms with Gasteiger partial charge < -0.3 is 9.73 Å². The maximum absolute atomic E-state index is 13.4. The molecule has 0 saturated heterocycles. The second kappa shape index (κ2) is 8.75. The van der Waals surface area contributed by atoms with Crippen molar-refractivity contribution in [1.82, 2.24) is 9.62 Å². The molecule has 30 heavy (non-hydrogen) atoms. The van der Waals surface area contributed by atoms with E-state index < -0.39 is 16.1 Å². The van der Waals surface area contributed by atoms with Crippen molar-refractivity contribution in [2.75, 3.05) is 6.54 Å². The number of hydrogen-bond acceptors (Lipinski definition) is 4. The molecule has 1 unspecified atom stereocenters. The summed E-state index contributed by atoms with van der Waals surface area (Å²) in [6.07, 6.45) is 2.19. The third kappa shape index (κ3) is 4.35. The lowest BCUT2D eigenvalue weighted by Gasteiger charge is -2.36. The van der Waals surface area contributed by atoms with Crippen molar-refractivity contribution < 1.29 is 17.6 Å². The number of sulfonamides is 1. The molecular formula is C22H21BrN2O4S. The number of halogens is 1. The highest BCUT2D eigenvalue weighted by Crippen LogP contribution is 2.36. The van der Waals surface area contributed by atoms with E-state index in [2.05, 4.69) is 21.2 Å². The van der Waals surface area contributed by atoms with Crippen LogP contribution in [0.1, 0.15) is 29.3 Å². The summed E-state index contributed by atoms with van der Waals surface area (Å²) < 4.78 is 34.3. The van der Waals surface area contributed by atoms with E-state index >= 15 is 0 Å². The summed E-state index contributed by atoms with van der Waals surface area (Å²) in [5.74, 6) is 0.413. The molecule has 0 aliphatic carbocycles. The van der Waals surface area contributed by atoms with E-state index in [-0.39, 0.29) is 23.8 Å². The van der Waals surface area contributed by atoms with Gasteiger partial charge in [0.2, 0.25) is 15.9 Å². The van der Waals surface area contributed by atoms with Crippen molar-refractivity contribution in [3.8, 4) is 0 Å². The number of hydrogen-bond donors (Lipinski definition) is 1. The Labute approximate surface area is 184 Å². The summed E-state index contributed by atoms with van der Waals surface area (Å²) in [4.78, 5) is 12.9. The zero-order chi connectivity index (χ0) is 21.1. The van der Waals surface area contributed by atoms with Crippen LogP contribution < -0.4 is 5.32 Å². The van der Waals surface area contributed by atoms with Gasteiger partial charge in [0.25, 0.3) is 0 Å². The first kappa shape index (κ1) is 20.8. The van der Waals surface area contributed by atoms with Crippen LogP contribution in [0.15, 0.2) is 80.7 Å². The van der Waals surface area contributed by atoms with E-state index in [1.165, 1.54) is 4.31 Å². The molecule has 3 aromatic rings. The molecule has 6 nitrogen and oxygen atoms in total. The predicted molar refractivity (Wildman–Crippen MR) is 116 cm³/mol. The van der Waals surface area contributed by atoms with Gasteiger partial charge in [0, 0.05) is 17.4 Å². The molecule has 0 bridgehead atoms. The van der Waals surface area contributed by atoms with Crippen LogP contribution in [0.5, 0.6) is 0 Å². The van der Waals surface area contributed by atoms with Crippen LogP contribution in [-0.4, -0.2) is 25.2 Å². The van der Waals surface area contributed by atoms with Gasteiger partial charge in [-0.25, -0.2) is 8.42 Å². The molecule has 4 rings (SSSR count). The number of benzene rings is 2. The van der Waals surface area contributed by atoms with Crippen LogP contribution in [0.4, 0.5) is 0 Å². The zero-order valence-corrected chi connectivity index (χ0v) is 18.5. The monoisotopic (exact) mass is 488 g/mol. The minimum absolute atomic E-state index is 0.0352. The predicted octanol–water partition coefficient (Wildman–Crippen LogP) is 4.04. The molecule has 1 amide bonds. The molecule has 1 aliphatic heterocycles. The van der Waals surface area contributed by atoms with Gasteiger partial charge in [0.05, 0.1) is 23.7 Å². The summed E-state index contributed by atoms with van der Waals surface area (Å²) in [5, 5.41) is 2.82. The Balaban J connectivity index is 1.62. The second-order valence-corrected chi connectivity index (χ2v) is 9.90. The molecule has 1 aromatic heterocycles. The van der Waals surface area contributed by atoms with Gasteiger partial charge in [0.15, 0.2) is 0 Å². The summed E-state index contributed by atoms with van der Waals surface area (Å²) in [6.45, 7) is 0.588. The Morgan fingerprint density at radius 1 is 1.10 bits per heavy atom. The van der Waals surface area contributed by atoms with E-state index in [4.69, 9.17) is 4.42 Å². The van der Waals surface area contributed by atoms with Gasteiger partial charge in [-0.05, 0) is 53.9 Å². The molecule has 1 N–H and O–H groups in total. The molecule has 0 saturated carbocycles. The summed E-state index contributed by atoms with van der Waals surface area (Å²) in [7, 11) is -3.76. The van der Waals surface area contributed by atoms with E-state index in [0.29, 0.717) is 18.7 Å². The van der Waals surface area contributed by atoms with Crippen LogP contribution in [0.2, 0.25) is 0 Å². The zero-order valence-electron chi connectivity index (χ0n) is 16.1. The molecule has 0 radical (unpaired) electrons. The van der Waals surface area contributed by atoms with Gasteiger partial charge in [-0.1, -0.05) is 40.2 Å². The first-order valence-electron chi connectivity index (χ1n) is 9.59. The van der Waals surface area contributed by atoms with Crippen LogP contribution in [0.25, 0.3) is 0 Å². The lowest BCUT2D eigenvalue weighted by atomic mass is 9.92. The third-order valence-electron chi connectivity index (χ3n) is 5.20. The Bertz CT molecular complexity index is 1130. The fraction of sp³-hybridized carbons (Fsp3) is 0.227. The third-order valence-corrected chi connectivity index (χ3v) is 7.65. The highest BCUT2D eigenvalue weighted by atomic mass is 79.9. The maximum Gasteiger partial charge on any atom is 0.243 e. The van der Waals surface area contributed by atoms with Crippen LogP contribution in [0, 0.1) is 0 Å². The fourth-order valence-corrected chi connectivity index (χ4v) is 5.59. The van der Waals surface area contributed by atoms with Crippen molar-refractivity contribution in [2.24, 2.45) is 0 Å². The quantitative estimate of drug-likeness (QED) is 0.567. The second-order valence-electron chi connectivity index (χ2n) is 7.09. The summed E-state index contributed by atoms with van der Waals surface area (Å²) >= 11 is 3.34. The number of rotatable bonds is 6. The van der Waals surface area contributed by atoms with Crippen molar-refractivity contribution in [3.63, 3.8) is 0 Å². The standard InChI is InChI=1S/C22H21BrN2O4S/c23-17-7-9-19(10-8-17)30(27,28)25-12-11-16-4-1-2-6-20(16)21(25)14-22(26)24-15-18-5-3-13-29-18/h1-10,13,21H,11-12,14-15H2,(H,24,26). The van der Waals surface area contributed by atoms with Crippen LogP contribution in [0.3, 0.4) is 0 Å². The lowest BCUT2D eigenvalue weighted by molar-refractivity contribution is -0.122. The summed E-state index contributed by atoms with van der Waals surface area (Å²) in [5.41, 5.74) is 1.95. The number of fused-ring (bicyclic) bond motifs is 1. The van der Waals surface area contributed by atoms with Gasteiger partial charge in [-0.2, -0.15) is 4.31 Å². The SMILES string of the molecule is O=C(CC1c2ccccc2CCN1S(=O)(=O)c1ccc(Br)cc1)NCc1ccco1. The van der Waals surface area contributed by atoms with E-state index in [0.717, 1.165) is 15.6 Å². The fourth-order valence-electron chi connectivity index (χ4n) is 3.72. The first-order chi connectivity index (χ1) is 14.4. The molecule has 8 heteroatoms. The highest BCUT2D eigenvalue weighted by Gasteiger charge is 2.37.